The molecule has 1 fully saturated rings. The lowest BCUT2D eigenvalue weighted by atomic mass is 10.1. The number of nitrogens with one attached hydrogen (secondary N) is 1. The third kappa shape index (κ3) is 2.52. The zero-order chi connectivity index (χ0) is 13.2. The summed E-state index contributed by atoms with van der Waals surface area (Å²) in [5.74, 6) is 1.99. The van der Waals surface area contributed by atoms with E-state index >= 15 is 0 Å². The van der Waals surface area contributed by atoms with Crippen LogP contribution in [-0.4, -0.2) is 16.6 Å². The molecule has 3 rings (SSSR count). The fraction of sp³-hybridized carbons (Fsp3) is 0.333. The van der Waals surface area contributed by atoms with Crippen LogP contribution in [-0.2, 0) is 0 Å². The van der Waals surface area contributed by atoms with E-state index in [1.165, 1.54) is 6.07 Å². The molecule has 1 aromatic heterocycles. The summed E-state index contributed by atoms with van der Waals surface area (Å²) in [5.41, 5.74) is 1.46. The van der Waals surface area contributed by atoms with Crippen LogP contribution in [0.2, 0.25) is 0 Å². The highest BCUT2D eigenvalue weighted by Gasteiger charge is 2.26. The van der Waals surface area contributed by atoms with Crippen molar-refractivity contribution in [1.29, 1.82) is 0 Å². The fourth-order valence-electron chi connectivity index (χ4n) is 2.12. The van der Waals surface area contributed by atoms with Gasteiger partial charge in [-0.25, -0.2) is 4.98 Å². The molecule has 0 amide bonds. The van der Waals surface area contributed by atoms with Crippen molar-refractivity contribution in [2.45, 2.75) is 25.7 Å². The summed E-state index contributed by atoms with van der Waals surface area (Å²) in [5, 5.41) is 0. The molecule has 2 aromatic rings. The van der Waals surface area contributed by atoms with Crippen LogP contribution in [0.15, 0.2) is 35.1 Å². The van der Waals surface area contributed by atoms with Gasteiger partial charge in [0.15, 0.2) is 0 Å². The monoisotopic (exact) mass is 256 g/mol. The van der Waals surface area contributed by atoms with E-state index in [1.54, 1.807) is 0 Å². The summed E-state index contributed by atoms with van der Waals surface area (Å²) in [6, 6.07) is 9.21. The normalized spacial score (nSPS) is 14.4. The highest BCUT2D eigenvalue weighted by Crippen LogP contribution is 2.38. The highest BCUT2D eigenvalue weighted by molar-refractivity contribution is 5.66. The van der Waals surface area contributed by atoms with Crippen LogP contribution in [0.4, 0.5) is 0 Å². The van der Waals surface area contributed by atoms with Crippen molar-refractivity contribution in [2.75, 3.05) is 6.61 Å². The minimum absolute atomic E-state index is 0.0989. The molecule has 1 heterocycles. The second-order valence-corrected chi connectivity index (χ2v) is 4.72. The number of nitrogens with zero attached hydrogens (tertiary/aromatic N) is 1. The summed E-state index contributed by atoms with van der Waals surface area (Å²) in [4.78, 5) is 19.1. The van der Waals surface area contributed by atoms with Crippen LogP contribution in [0.25, 0.3) is 11.3 Å². The van der Waals surface area contributed by atoms with Crippen molar-refractivity contribution in [3.63, 3.8) is 0 Å². The molecule has 1 aliphatic carbocycles. The fourth-order valence-corrected chi connectivity index (χ4v) is 2.12. The van der Waals surface area contributed by atoms with E-state index < -0.39 is 0 Å². The molecule has 0 atom stereocenters. The highest BCUT2D eigenvalue weighted by atomic mass is 16.5. The molecule has 0 bridgehead atoms. The van der Waals surface area contributed by atoms with Crippen molar-refractivity contribution in [3.05, 3.63) is 46.5 Å². The zero-order valence-electron chi connectivity index (χ0n) is 10.8. The number of rotatable bonds is 4. The molecule has 1 N–H and O–H groups in total. The Morgan fingerprint density at radius 1 is 1.37 bits per heavy atom. The van der Waals surface area contributed by atoms with Gasteiger partial charge in [0.1, 0.15) is 11.6 Å². The largest absolute Gasteiger partial charge is 0.493 e. The topological polar surface area (TPSA) is 55.0 Å². The summed E-state index contributed by atoms with van der Waals surface area (Å²) < 4.78 is 5.60. The van der Waals surface area contributed by atoms with Crippen molar-refractivity contribution in [2.24, 2.45) is 0 Å². The van der Waals surface area contributed by atoms with Crippen LogP contribution in [0.3, 0.4) is 0 Å². The van der Waals surface area contributed by atoms with E-state index in [0.717, 1.165) is 30.0 Å². The first-order chi connectivity index (χ1) is 9.28. The average Bonchev–Trinajstić information content (AvgIpc) is 3.23. The number of aromatic nitrogens is 2. The quantitative estimate of drug-likeness (QED) is 0.915. The van der Waals surface area contributed by atoms with Gasteiger partial charge in [-0.2, -0.15) is 0 Å². The molecular formula is C15H16N2O2. The third-order valence-corrected chi connectivity index (χ3v) is 3.19. The average molecular weight is 256 g/mol. The molecular weight excluding hydrogens is 240 g/mol. The second-order valence-electron chi connectivity index (χ2n) is 4.72. The molecule has 0 unspecified atom stereocenters. The first-order valence-corrected chi connectivity index (χ1v) is 6.61. The van der Waals surface area contributed by atoms with E-state index in [1.807, 2.05) is 31.2 Å². The number of ether oxygens (including phenoxy) is 1. The molecule has 0 spiro atoms. The lowest BCUT2D eigenvalue weighted by Gasteiger charge is -2.10. The molecule has 1 aliphatic rings. The van der Waals surface area contributed by atoms with Crippen LogP contribution in [0.5, 0.6) is 5.75 Å². The second kappa shape index (κ2) is 4.88. The van der Waals surface area contributed by atoms with Gasteiger partial charge in [-0.1, -0.05) is 12.1 Å². The summed E-state index contributed by atoms with van der Waals surface area (Å²) in [6.45, 7) is 2.54. The molecule has 0 aliphatic heterocycles. The molecule has 4 heteroatoms. The maximum absolute atomic E-state index is 11.7. The number of aromatic amines is 1. The van der Waals surface area contributed by atoms with Crippen LogP contribution >= 0.6 is 0 Å². The lowest BCUT2D eigenvalue weighted by Crippen LogP contribution is -2.10. The number of hydrogen-bond acceptors (Lipinski definition) is 3. The number of H-pyrrole nitrogens is 1. The van der Waals surface area contributed by atoms with E-state index in [-0.39, 0.29) is 5.56 Å². The minimum atomic E-state index is -0.0989. The molecule has 19 heavy (non-hydrogen) atoms. The Hall–Kier alpha value is -2.10. The Balaban J connectivity index is 2.08. The van der Waals surface area contributed by atoms with Gasteiger partial charge in [0.05, 0.1) is 12.3 Å². The van der Waals surface area contributed by atoms with Crippen molar-refractivity contribution in [3.8, 4) is 17.0 Å². The van der Waals surface area contributed by atoms with Gasteiger partial charge >= 0.3 is 0 Å². The van der Waals surface area contributed by atoms with Gasteiger partial charge in [0.25, 0.3) is 5.56 Å². The third-order valence-electron chi connectivity index (χ3n) is 3.19. The SMILES string of the molecule is CCOc1ccccc1-c1cc(=O)[nH]c(C2CC2)n1. The lowest BCUT2D eigenvalue weighted by molar-refractivity contribution is 0.341. The molecule has 1 aromatic carbocycles. The molecule has 0 radical (unpaired) electrons. The molecule has 1 saturated carbocycles. The Bertz CT molecular complexity index is 645. The standard InChI is InChI=1S/C15H16N2O2/c1-2-19-13-6-4-3-5-11(13)12-9-14(18)17-15(16-12)10-7-8-10/h3-6,9-10H,2,7-8H2,1H3,(H,16,17,18). The van der Waals surface area contributed by atoms with Crippen molar-refractivity contribution >= 4 is 0 Å². The van der Waals surface area contributed by atoms with Crippen molar-refractivity contribution < 1.29 is 4.74 Å². The van der Waals surface area contributed by atoms with E-state index in [4.69, 9.17) is 4.74 Å². The van der Waals surface area contributed by atoms with Gasteiger partial charge in [0, 0.05) is 17.5 Å². The van der Waals surface area contributed by atoms with Crippen LogP contribution in [0, 0.1) is 0 Å². The van der Waals surface area contributed by atoms with Gasteiger partial charge in [-0.3, -0.25) is 4.79 Å². The molecule has 98 valence electrons. The number of hydrogen-bond donors (Lipinski definition) is 1. The van der Waals surface area contributed by atoms with Crippen LogP contribution in [0.1, 0.15) is 31.5 Å². The van der Waals surface area contributed by atoms with E-state index in [9.17, 15) is 4.79 Å². The van der Waals surface area contributed by atoms with Gasteiger partial charge in [-0.05, 0) is 31.9 Å². The predicted octanol–water partition coefficient (Wildman–Crippen LogP) is 2.71. The smallest absolute Gasteiger partial charge is 0.251 e. The summed E-state index contributed by atoms with van der Waals surface area (Å²) in [6.07, 6.45) is 2.22. The predicted molar refractivity (Wildman–Crippen MR) is 73.4 cm³/mol. The van der Waals surface area contributed by atoms with Gasteiger partial charge in [0.2, 0.25) is 0 Å². The Labute approximate surface area is 111 Å². The molecule has 0 saturated heterocycles. The Morgan fingerprint density at radius 2 is 2.16 bits per heavy atom. The van der Waals surface area contributed by atoms with E-state index in [0.29, 0.717) is 18.2 Å². The maximum Gasteiger partial charge on any atom is 0.251 e. The van der Waals surface area contributed by atoms with Crippen LogP contribution < -0.4 is 10.3 Å². The molecule has 4 nitrogen and oxygen atoms in total. The number of para-hydroxylation sites is 1. The van der Waals surface area contributed by atoms with Gasteiger partial charge < -0.3 is 9.72 Å². The summed E-state index contributed by atoms with van der Waals surface area (Å²) >= 11 is 0. The first-order valence-electron chi connectivity index (χ1n) is 6.61. The van der Waals surface area contributed by atoms with Crippen molar-refractivity contribution in [1.82, 2.24) is 9.97 Å². The Morgan fingerprint density at radius 3 is 2.89 bits per heavy atom. The maximum atomic E-state index is 11.7. The van der Waals surface area contributed by atoms with E-state index in [2.05, 4.69) is 9.97 Å². The number of benzene rings is 1. The first kappa shape index (κ1) is 12.0. The Kier molecular flexibility index (Phi) is 3.07. The van der Waals surface area contributed by atoms with Gasteiger partial charge in [-0.15, -0.1) is 0 Å². The summed E-state index contributed by atoms with van der Waals surface area (Å²) in [7, 11) is 0. The minimum Gasteiger partial charge on any atom is -0.493 e. The zero-order valence-corrected chi connectivity index (χ0v) is 10.8.